The van der Waals surface area contributed by atoms with Crippen molar-refractivity contribution in [2.75, 3.05) is 0 Å². The first-order chi connectivity index (χ1) is 12.2. The molecule has 0 spiro atoms. The van der Waals surface area contributed by atoms with Crippen LogP contribution in [-0.4, -0.2) is 14.8 Å². The van der Waals surface area contributed by atoms with E-state index in [0.717, 1.165) is 27.1 Å². The molecule has 1 aromatic carbocycles. The van der Waals surface area contributed by atoms with Crippen LogP contribution in [0.1, 0.15) is 5.56 Å². The summed E-state index contributed by atoms with van der Waals surface area (Å²) in [5.41, 5.74) is 3.93. The van der Waals surface area contributed by atoms with Crippen LogP contribution in [0.4, 0.5) is 0 Å². The van der Waals surface area contributed by atoms with E-state index in [4.69, 9.17) is 5.26 Å². The summed E-state index contributed by atoms with van der Waals surface area (Å²) in [6.07, 6.45) is 3.43. The Morgan fingerprint density at radius 2 is 1.80 bits per heavy atom. The second-order valence-electron chi connectivity index (χ2n) is 5.56. The molecule has 0 saturated carbocycles. The van der Waals surface area contributed by atoms with Gasteiger partial charge in [-0.2, -0.15) is 10.4 Å². The van der Waals surface area contributed by atoms with Crippen molar-refractivity contribution in [3.8, 4) is 28.5 Å². The van der Waals surface area contributed by atoms with Crippen LogP contribution in [0.3, 0.4) is 0 Å². The molecule has 0 aliphatic rings. The molecule has 0 N–H and O–H groups in total. The Labute approximate surface area is 147 Å². The van der Waals surface area contributed by atoms with Crippen molar-refractivity contribution < 1.29 is 0 Å². The van der Waals surface area contributed by atoms with Gasteiger partial charge < -0.3 is 0 Å². The minimum Gasteiger partial charge on any atom is -0.267 e. The van der Waals surface area contributed by atoms with E-state index < -0.39 is 0 Å². The molecule has 0 bridgehead atoms. The number of pyridine rings is 1. The van der Waals surface area contributed by atoms with Crippen LogP contribution < -0.4 is 5.56 Å². The predicted octanol–water partition coefficient (Wildman–Crippen LogP) is 3.60. The lowest BCUT2D eigenvalue weighted by molar-refractivity contribution is 0.723. The Morgan fingerprint density at radius 1 is 1.08 bits per heavy atom. The SMILES string of the molecule is Cn1nc(-c2ccc(C#N)cc2)c2scc(-c3ccncc3)c2c1=O. The molecule has 4 aromatic rings. The molecule has 0 unspecified atom stereocenters. The summed E-state index contributed by atoms with van der Waals surface area (Å²) in [5.74, 6) is 0. The van der Waals surface area contributed by atoms with Crippen molar-refractivity contribution >= 4 is 21.4 Å². The highest BCUT2D eigenvalue weighted by Crippen LogP contribution is 2.36. The van der Waals surface area contributed by atoms with Gasteiger partial charge in [-0.1, -0.05) is 12.1 Å². The van der Waals surface area contributed by atoms with Crippen molar-refractivity contribution in [3.63, 3.8) is 0 Å². The maximum Gasteiger partial charge on any atom is 0.275 e. The van der Waals surface area contributed by atoms with Crippen LogP contribution >= 0.6 is 11.3 Å². The fourth-order valence-electron chi connectivity index (χ4n) is 2.78. The maximum atomic E-state index is 12.7. The number of hydrogen-bond donors (Lipinski definition) is 0. The van der Waals surface area contributed by atoms with Gasteiger partial charge in [-0.05, 0) is 29.8 Å². The Hall–Kier alpha value is -3.30. The van der Waals surface area contributed by atoms with Gasteiger partial charge in [0.1, 0.15) is 5.69 Å². The van der Waals surface area contributed by atoms with Crippen molar-refractivity contribution in [1.29, 1.82) is 5.26 Å². The molecule has 0 atom stereocenters. The molecule has 4 rings (SSSR count). The average molecular weight is 344 g/mol. The number of aryl methyl sites for hydroxylation is 1. The predicted molar refractivity (Wildman–Crippen MR) is 98.2 cm³/mol. The van der Waals surface area contributed by atoms with Gasteiger partial charge in [-0.15, -0.1) is 11.3 Å². The van der Waals surface area contributed by atoms with Crippen molar-refractivity contribution in [2.45, 2.75) is 0 Å². The Bertz CT molecular complexity index is 1170. The van der Waals surface area contributed by atoms with Gasteiger partial charge in [0, 0.05) is 35.9 Å². The molecule has 0 radical (unpaired) electrons. The fourth-order valence-corrected chi connectivity index (χ4v) is 3.86. The van der Waals surface area contributed by atoms with Crippen LogP contribution in [-0.2, 0) is 7.05 Å². The van der Waals surface area contributed by atoms with E-state index in [1.807, 2.05) is 29.6 Å². The molecule has 0 saturated heterocycles. The van der Waals surface area contributed by atoms with Crippen molar-refractivity contribution in [2.24, 2.45) is 7.05 Å². The molecule has 25 heavy (non-hydrogen) atoms. The van der Waals surface area contributed by atoms with E-state index in [1.165, 1.54) is 16.0 Å². The Kier molecular flexibility index (Phi) is 3.64. The molecule has 6 heteroatoms. The molecule has 0 aliphatic carbocycles. The maximum absolute atomic E-state index is 12.7. The third-order valence-corrected chi connectivity index (χ3v) is 5.03. The summed E-state index contributed by atoms with van der Waals surface area (Å²) >= 11 is 1.50. The van der Waals surface area contributed by atoms with Gasteiger partial charge >= 0.3 is 0 Å². The average Bonchev–Trinajstić information content (AvgIpc) is 3.11. The van der Waals surface area contributed by atoms with Gasteiger partial charge in [0.05, 0.1) is 21.7 Å². The first-order valence-electron chi connectivity index (χ1n) is 7.58. The number of rotatable bonds is 2. The molecule has 0 aliphatic heterocycles. The van der Waals surface area contributed by atoms with E-state index in [0.29, 0.717) is 10.9 Å². The quantitative estimate of drug-likeness (QED) is 0.557. The van der Waals surface area contributed by atoms with Crippen LogP contribution in [0.2, 0.25) is 0 Å². The van der Waals surface area contributed by atoms with E-state index >= 15 is 0 Å². The molecular weight excluding hydrogens is 332 g/mol. The molecule has 3 aromatic heterocycles. The number of thiophene rings is 1. The van der Waals surface area contributed by atoms with Crippen LogP contribution in [0.15, 0.2) is 59.0 Å². The summed E-state index contributed by atoms with van der Waals surface area (Å²) in [6, 6.07) is 13.1. The van der Waals surface area contributed by atoms with Crippen LogP contribution in [0, 0.1) is 11.3 Å². The Balaban J connectivity index is 2.01. The highest BCUT2D eigenvalue weighted by Gasteiger charge is 2.17. The van der Waals surface area contributed by atoms with Gasteiger partial charge in [-0.3, -0.25) is 9.78 Å². The zero-order chi connectivity index (χ0) is 17.4. The monoisotopic (exact) mass is 344 g/mol. The van der Waals surface area contributed by atoms with Gasteiger partial charge in [0.15, 0.2) is 0 Å². The van der Waals surface area contributed by atoms with Gasteiger partial charge in [0.2, 0.25) is 0 Å². The second kappa shape index (κ2) is 5.96. The van der Waals surface area contributed by atoms with Crippen molar-refractivity contribution in [3.05, 3.63) is 70.1 Å². The topological polar surface area (TPSA) is 71.6 Å². The fraction of sp³-hybridized carbons (Fsp3) is 0.0526. The largest absolute Gasteiger partial charge is 0.275 e. The van der Waals surface area contributed by atoms with E-state index in [9.17, 15) is 4.79 Å². The number of benzene rings is 1. The molecular formula is C19H12N4OS. The molecule has 5 nitrogen and oxygen atoms in total. The summed E-state index contributed by atoms with van der Waals surface area (Å²) in [5, 5.41) is 16.1. The zero-order valence-electron chi connectivity index (χ0n) is 13.3. The highest BCUT2D eigenvalue weighted by atomic mass is 32.1. The lowest BCUT2D eigenvalue weighted by Crippen LogP contribution is -2.20. The van der Waals surface area contributed by atoms with E-state index in [2.05, 4.69) is 16.2 Å². The molecule has 3 heterocycles. The minimum atomic E-state index is -0.125. The lowest BCUT2D eigenvalue weighted by atomic mass is 10.0. The number of hydrogen-bond acceptors (Lipinski definition) is 5. The Morgan fingerprint density at radius 3 is 2.48 bits per heavy atom. The van der Waals surface area contributed by atoms with Gasteiger partial charge in [-0.25, -0.2) is 4.68 Å². The first kappa shape index (κ1) is 15.2. The zero-order valence-corrected chi connectivity index (χ0v) is 14.1. The lowest BCUT2D eigenvalue weighted by Gasteiger charge is -2.06. The summed E-state index contributed by atoms with van der Waals surface area (Å²) < 4.78 is 2.22. The first-order valence-corrected chi connectivity index (χ1v) is 8.46. The molecule has 0 amide bonds. The van der Waals surface area contributed by atoms with Crippen LogP contribution in [0.5, 0.6) is 0 Å². The molecule has 120 valence electrons. The summed E-state index contributed by atoms with van der Waals surface area (Å²) in [4.78, 5) is 16.8. The number of aromatic nitrogens is 3. The minimum absolute atomic E-state index is 0.125. The number of nitriles is 1. The molecule has 0 fully saturated rings. The summed E-state index contributed by atoms with van der Waals surface area (Å²) in [6.45, 7) is 0. The van der Waals surface area contributed by atoms with E-state index in [-0.39, 0.29) is 5.56 Å². The van der Waals surface area contributed by atoms with Crippen molar-refractivity contribution in [1.82, 2.24) is 14.8 Å². The van der Waals surface area contributed by atoms with Gasteiger partial charge in [0.25, 0.3) is 5.56 Å². The van der Waals surface area contributed by atoms with E-state index in [1.54, 1.807) is 31.6 Å². The third kappa shape index (κ3) is 2.51. The van der Waals surface area contributed by atoms with Crippen LogP contribution in [0.25, 0.3) is 32.5 Å². The summed E-state index contributed by atoms with van der Waals surface area (Å²) in [7, 11) is 1.66. The smallest absolute Gasteiger partial charge is 0.267 e. The highest BCUT2D eigenvalue weighted by molar-refractivity contribution is 7.18. The standard InChI is InChI=1S/C19H12N4OS/c1-23-19(24)16-15(13-6-8-21-9-7-13)11-25-18(16)17(22-23)14-4-2-12(10-20)3-5-14/h2-9,11H,1H3. The number of fused-ring (bicyclic) bond motifs is 1. The normalized spacial score (nSPS) is 10.7. The second-order valence-corrected chi connectivity index (χ2v) is 6.44. The number of nitrogens with zero attached hydrogens (tertiary/aromatic N) is 4. The third-order valence-electron chi connectivity index (χ3n) is 4.04.